The zero-order chi connectivity index (χ0) is 56.9. The average Bonchev–Trinajstić information content (AvgIpc) is 4.03. The monoisotopic (exact) mass is 1070 g/mol. The van der Waals surface area contributed by atoms with Crippen molar-refractivity contribution in [2.45, 2.75) is 211 Å². The number of ether oxygens (including phenoxy) is 6. The SMILES string of the molecule is CCCOC(=O)CCC1/C2=C/C3=NC(=C(/C)C4=NC([C@H](CC(=O)OCCC)[C@@]4(C)CCC(=O)OCCC)[C@@]4(C)N=C(/C(C)=C(\N2)C1C)[C@H](CCC(=O)OCCC)[C@]4(C)CC(=O)OCCC)/[C@@H](CCC(=O)OCCC)C3(C)C. The van der Waals surface area contributed by atoms with Gasteiger partial charge < -0.3 is 33.7 Å². The van der Waals surface area contributed by atoms with Crippen molar-refractivity contribution < 1.29 is 57.2 Å². The molecular weight excluding hydrogens is 981 g/mol. The van der Waals surface area contributed by atoms with Crippen molar-refractivity contribution in [3.05, 3.63) is 34.3 Å². The highest BCUT2D eigenvalue weighted by molar-refractivity contribution is 6.10. The van der Waals surface area contributed by atoms with Gasteiger partial charge in [-0.2, -0.15) is 0 Å². The van der Waals surface area contributed by atoms with Crippen molar-refractivity contribution in [3.8, 4) is 0 Å². The molecule has 0 aliphatic carbocycles. The van der Waals surface area contributed by atoms with Crippen LogP contribution in [0.1, 0.15) is 200 Å². The first-order valence-corrected chi connectivity index (χ1v) is 29.1. The van der Waals surface area contributed by atoms with E-state index in [0.717, 1.165) is 33.9 Å². The number of rotatable bonds is 28. The van der Waals surface area contributed by atoms with E-state index in [1.807, 2.05) is 62.3 Å². The van der Waals surface area contributed by atoms with Crippen LogP contribution >= 0.6 is 0 Å². The summed E-state index contributed by atoms with van der Waals surface area (Å²) < 4.78 is 34.5. The molecule has 0 saturated carbocycles. The van der Waals surface area contributed by atoms with Crippen molar-refractivity contribution in [1.82, 2.24) is 5.32 Å². The van der Waals surface area contributed by atoms with E-state index in [1.165, 1.54) is 0 Å². The predicted octanol–water partition coefficient (Wildman–Crippen LogP) is 11.3. The normalized spacial score (nSPS) is 30.6. The maximum atomic E-state index is 14.5. The van der Waals surface area contributed by atoms with Gasteiger partial charge >= 0.3 is 35.8 Å². The Morgan fingerprint density at radius 2 is 1.06 bits per heavy atom. The molecule has 16 nitrogen and oxygen atoms in total. The van der Waals surface area contributed by atoms with Crippen LogP contribution < -0.4 is 5.32 Å². The molecule has 77 heavy (non-hydrogen) atoms. The third-order valence-electron chi connectivity index (χ3n) is 17.3. The molecule has 9 atom stereocenters. The predicted molar refractivity (Wildman–Crippen MR) is 298 cm³/mol. The minimum atomic E-state index is -1.27. The summed E-state index contributed by atoms with van der Waals surface area (Å²) >= 11 is 0. The fourth-order valence-corrected chi connectivity index (χ4v) is 12.7. The summed E-state index contributed by atoms with van der Waals surface area (Å²) in [7, 11) is 0. The van der Waals surface area contributed by atoms with E-state index in [-0.39, 0.29) is 119 Å². The average molecular weight is 1080 g/mol. The summed E-state index contributed by atoms with van der Waals surface area (Å²) in [5.74, 6) is -3.97. The molecule has 16 heteroatoms. The third-order valence-corrected chi connectivity index (χ3v) is 17.3. The Kier molecular flexibility index (Phi) is 22.5. The Bertz CT molecular complexity index is 2360. The number of allylic oxidation sites excluding steroid dienone is 6. The van der Waals surface area contributed by atoms with Gasteiger partial charge in [-0.3, -0.25) is 43.7 Å². The summed E-state index contributed by atoms with van der Waals surface area (Å²) in [4.78, 5) is 100. The minimum absolute atomic E-state index is 0.0284. The molecule has 5 aliphatic rings. The number of nitrogens with zero attached hydrogens (tertiary/aromatic N) is 3. The van der Waals surface area contributed by atoms with E-state index in [9.17, 15) is 28.8 Å². The van der Waals surface area contributed by atoms with Gasteiger partial charge in [-0.25, -0.2) is 0 Å². The number of hydrogen-bond acceptors (Lipinski definition) is 16. The smallest absolute Gasteiger partial charge is 0.306 e. The van der Waals surface area contributed by atoms with Gasteiger partial charge in [0.25, 0.3) is 0 Å². The maximum Gasteiger partial charge on any atom is 0.306 e. The number of fused-ring (bicyclic) bond motifs is 6. The van der Waals surface area contributed by atoms with Crippen LogP contribution in [0.5, 0.6) is 0 Å². The first kappa shape index (κ1) is 62.7. The van der Waals surface area contributed by atoms with E-state index in [2.05, 4.69) is 46.0 Å². The molecule has 0 aromatic heterocycles. The highest BCUT2D eigenvalue weighted by atomic mass is 16.5. The first-order chi connectivity index (χ1) is 36.5. The van der Waals surface area contributed by atoms with Crippen LogP contribution in [0, 0.1) is 45.8 Å². The number of nitrogens with one attached hydrogen (secondary N) is 1. The Hall–Kier alpha value is -5.15. The molecule has 0 amide bonds. The van der Waals surface area contributed by atoms with E-state index in [1.54, 1.807) is 0 Å². The quantitative estimate of drug-likeness (QED) is 0.0572. The van der Waals surface area contributed by atoms with Gasteiger partial charge in [-0.05, 0) is 102 Å². The standard InChI is InChI=1S/C61H94N4O12/c1-15-29-72-47(66)24-21-41-38(7)53-39(8)55-43(23-26-49(68)74-31-17-3)60(13,37-52(71)77-34-20-6)61(14,65-55)57-44(35-51(70)76-33-19-5)59(12,28-27-50(69)75-32-18-4)56(64-57)40(9)54-42(22-25-48(67)73-30-16-2)58(10,11)46(63-54)36-45(41)62-53/h36,38,41-44,57,62H,15-35,37H2,1-14H3/b45-36-,53-39-,54-40-/t38?,41?,42-,43+,44+,57?,59-,60+,61-/m1/s1. The van der Waals surface area contributed by atoms with Crippen LogP contribution in [0.4, 0.5) is 0 Å². The third kappa shape index (κ3) is 14.0. The molecule has 3 unspecified atom stereocenters. The van der Waals surface area contributed by atoms with Gasteiger partial charge in [0.15, 0.2) is 0 Å². The molecule has 5 rings (SSSR count). The molecule has 1 fully saturated rings. The molecule has 0 radical (unpaired) electrons. The molecule has 1 N–H and O–H groups in total. The molecule has 8 bridgehead atoms. The second-order valence-electron chi connectivity index (χ2n) is 23.3. The Morgan fingerprint density at radius 1 is 0.597 bits per heavy atom. The zero-order valence-electron chi connectivity index (χ0n) is 49.3. The lowest BCUT2D eigenvalue weighted by molar-refractivity contribution is -0.150. The summed E-state index contributed by atoms with van der Waals surface area (Å²) in [5.41, 5.74) is 2.23. The number of carbonyl (C=O) groups excluding carboxylic acids is 6. The van der Waals surface area contributed by atoms with Gasteiger partial charge in [-0.1, -0.05) is 76.2 Å². The minimum Gasteiger partial charge on any atom is -0.466 e. The van der Waals surface area contributed by atoms with Gasteiger partial charge in [0.1, 0.15) is 0 Å². The van der Waals surface area contributed by atoms with E-state index in [0.29, 0.717) is 76.0 Å². The van der Waals surface area contributed by atoms with Crippen LogP contribution in [0.25, 0.3) is 0 Å². The first-order valence-electron chi connectivity index (χ1n) is 29.1. The van der Waals surface area contributed by atoms with Crippen molar-refractivity contribution in [2.75, 3.05) is 39.6 Å². The van der Waals surface area contributed by atoms with Crippen molar-refractivity contribution in [3.63, 3.8) is 0 Å². The Labute approximate surface area is 459 Å². The van der Waals surface area contributed by atoms with Gasteiger partial charge in [0.2, 0.25) is 0 Å². The lowest BCUT2D eigenvalue weighted by atomic mass is 9.55. The molecule has 1 saturated heterocycles. The highest BCUT2D eigenvalue weighted by Crippen LogP contribution is 2.62. The Balaban J connectivity index is 1.94. The lowest BCUT2D eigenvalue weighted by Crippen LogP contribution is -2.55. The number of esters is 6. The number of carbonyl (C=O) groups is 6. The molecule has 0 spiro atoms. The molecule has 430 valence electrons. The van der Waals surface area contributed by atoms with Crippen molar-refractivity contribution in [1.29, 1.82) is 0 Å². The van der Waals surface area contributed by atoms with Crippen molar-refractivity contribution in [2.24, 2.45) is 60.8 Å². The Morgan fingerprint density at radius 3 is 1.58 bits per heavy atom. The fraction of sp³-hybridized carbons (Fsp3) is 0.754. The van der Waals surface area contributed by atoms with Crippen LogP contribution in [0.3, 0.4) is 0 Å². The van der Waals surface area contributed by atoms with Crippen LogP contribution in [-0.2, 0) is 57.2 Å². The highest BCUT2D eigenvalue weighted by Gasteiger charge is 2.66. The van der Waals surface area contributed by atoms with Crippen molar-refractivity contribution >= 4 is 53.0 Å². The lowest BCUT2D eigenvalue weighted by Gasteiger charge is -2.48. The van der Waals surface area contributed by atoms with Gasteiger partial charge in [-0.15, -0.1) is 0 Å². The summed E-state index contributed by atoms with van der Waals surface area (Å²) in [6.45, 7) is 30.0. The molecule has 0 aromatic carbocycles. The summed E-state index contributed by atoms with van der Waals surface area (Å²) in [6.07, 6.45) is 7.74. The topological polar surface area (TPSA) is 207 Å². The number of aliphatic imine (C=N–C) groups is 3. The zero-order valence-corrected chi connectivity index (χ0v) is 49.3. The largest absolute Gasteiger partial charge is 0.466 e. The summed E-state index contributed by atoms with van der Waals surface area (Å²) in [5, 5.41) is 3.86. The van der Waals surface area contributed by atoms with E-state index >= 15 is 0 Å². The second-order valence-corrected chi connectivity index (χ2v) is 23.3. The van der Waals surface area contributed by atoms with E-state index in [4.69, 9.17) is 43.4 Å². The van der Waals surface area contributed by atoms with Crippen LogP contribution in [-0.4, -0.2) is 104 Å². The van der Waals surface area contributed by atoms with Gasteiger partial charge in [0.05, 0.1) is 64.1 Å². The maximum absolute atomic E-state index is 14.5. The fourth-order valence-electron chi connectivity index (χ4n) is 12.7. The van der Waals surface area contributed by atoms with Crippen LogP contribution in [0.2, 0.25) is 0 Å². The van der Waals surface area contributed by atoms with Crippen LogP contribution in [0.15, 0.2) is 49.3 Å². The molecular formula is C61H94N4O12. The van der Waals surface area contributed by atoms with Gasteiger partial charge in [0, 0.05) is 106 Å². The van der Waals surface area contributed by atoms with E-state index < -0.39 is 51.6 Å². The summed E-state index contributed by atoms with van der Waals surface area (Å²) in [6, 6.07) is -0.803. The molecule has 0 aromatic rings. The number of hydrogen-bond donors (Lipinski definition) is 1. The second kappa shape index (κ2) is 27.6. The molecule has 5 aliphatic heterocycles. The molecule has 5 heterocycles.